The largest absolute Gasteiger partial charge is 0.497 e. The van der Waals surface area contributed by atoms with Crippen LogP contribution in [-0.2, 0) is 0 Å². The summed E-state index contributed by atoms with van der Waals surface area (Å²) in [4.78, 5) is 1.41. The van der Waals surface area contributed by atoms with Crippen molar-refractivity contribution in [3.63, 3.8) is 0 Å². The highest BCUT2D eigenvalue weighted by molar-refractivity contribution is 7.10. The van der Waals surface area contributed by atoms with E-state index in [9.17, 15) is 0 Å². The molecule has 1 saturated carbocycles. The molecule has 1 N–H and O–H groups in total. The van der Waals surface area contributed by atoms with Crippen molar-refractivity contribution in [2.24, 2.45) is 5.92 Å². The van der Waals surface area contributed by atoms with Crippen LogP contribution in [0.15, 0.2) is 41.8 Å². The highest BCUT2D eigenvalue weighted by atomic mass is 32.1. The minimum Gasteiger partial charge on any atom is -0.497 e. The summed E-state index contributed by atoms with van der Waals surface area (Å²) in [5, 5.41) is 5.95. The molecule has 1 fully saturated rings. The zero-order valence-electron chi connectivity index (χ0n) is 12.0. The Morgan fingerprint density at radius 1 is 1.20 bits per heavy atom. The number of nitrogens with one attached hydrogen (secondary N) is 1. The van der Waals surface area contributed by atoms with Crippen LogP contribution in [0.4, 0.5) is 0 Å². The lowest BCUT2D eigenvalue weighted by Crippen LogP contribution is -2.25. The van der Waals surface area contributed by atoms with Gasteiger partial charge in [-0.25, -0.2) is 0 Å². The Kier molecular flexibility index (Phi) is 4.08. The molecule has 0 bridgehead atoms. The number of benzene rings is 1. The van der Waals surface area contributed by atoms with Crippen LogP contribution in [-0.4, -0.2) is 7.11 Å². The van der Waals surface area contributed by atoms with Crippen molar-refractivity contribution in [3.8, 4) is 5.75 Å². The summed E-state index contributed by atoms with van der Waals surface area (Å²) >= 11 is 1.82. The first kappa shape index (κ1) is 13.7. The molecule has 0 radical (unpaired) electrons. The van der Waals surface area contributed by atoms with Crippen LogP contribution in [0, 0.1) is 5.92 Å². The van der Waals surface area contributed by atoms with Gasteiger partial charge in [-0.15, -0.1) is 11.3 Å². The van der Waals surface area contributed by atoms with Gasteiger partial charge in [0.25, 0.3) is 0 Å². The number of thiophene rings is 1. The van der Waals surface area contributed by atoms with Crippen molar-refractivity contribution in [1.82, 2.24) is 5.32 Å². The first-order valence-electron chi connectivity index (χ1n) is 7.21. The van der Waals surface area contributed by atoms with Crippen molar-refractivity contribution >= 4 is 11.3 Å². The topological polar surface area (TPSA) is 21.3 Å². The van der Waals surface area contributed by atoms with E-state index < -0.39 is 0 Å². The number of hydrogen-bond acceptors (Lipinski definition) is 3. The van der Waals surface area contributed by atoms with Gasteiger partial charge >= 0.3 is 0 Å². The Bertz CT molecular complexity index is 531. The minimum absolute atomic E-state index is 0.405. The second-order valence-electron chi connectivity index (χ2n) is 5.49. The first-order valence-corrected chi connectivity index (χ1v) is 8.09. The third-order valence-electron chi connectivity index (χ3n) is 3.97. The summed E-state index contributed by atoms with van der Waals surface area (Å²) < 4.78 is 5.25. The van der Waals surface area contributed by atoms with E-state index in [2.05, 4.69) is 54.0 Å². The maximum atomic E-state index is 5.25. The smallest absolute Gasteiger partial charge is 0.118 e. The molecule has 0 amide bonds. The molecule has 3 heteroatoms. The van der Waals surface area contributed by atoms with E-state index in [-0.39, 0.29) is 0 Å². The summed E-state index contributed by atoms with van der Waals surface area (Å²) in [7, 11) is 1.71. The second kappa shape index (κ2) is 5.98. The summed E-state index contributed by atoms with van der Waals surface area (Å²) in [6.45, 7) is 2.25. The lowest BCUT2D eigenvalue weighted by molar-refractivity contribution is 0.411. The molecule has 1 aromatic heterocycles. The number of ether oxygens (including phenoxy) is 1. The Hall–Kier alpha value is -1.32. The molecule has 1 heterocycles. The van der Waals surface area contributed by atoms with E-state index in [0.717, 1.165) is 11.7 Å². The van der Waals surface area contributed by atoms with Gasteiger partial charge in [0.15, 0.2) is 0 Å². The van der Waals surface area contributed by atoms with Crippen LogP contribution < -0.4 is 10.1 Å². The SMILES string of the molecule is COc1ccc(C(N[C@@H](C)c2cccs2)C2CC2)cc1. The van der Waals surface area contributed by atoms with E-state index in [1.54, 1.807) is 7.11 Å². The molecule has 106 valence electrons. The van der Waals surface area contributed by atoms with Gasteiger partial charge in [0.05, 0.1) is 7.11 Å². The van der Waals surface area contributed by atoms with Crippen LogP contribution in [0.2, 0.25) is 0 Å². The zero-order chi connectivity index (χ0) is 13.9. The molecule has 1 aliphatic carbocycles. The van der Waals surface area contributed by atoms with Crippen molar-refractivity contribution in [2.75, 3.05) is 7.11 Å². The maximum Gasteiger partial charge on any atom is 0.118 e. The Morgan fingerprint density at radius 3 is 2.50 bits per heavy atom. The number of rotatable bonds is 6. The molecule has 20 heavy (non-hydrogen) atoms. The molecule has 0 aliphatic heterocycles. The fourth-order valence-electron chi connectivity index (χ4n) is 2.63. The van der Waals surface area contributed by atoms with Gasteiger partial charge in [0, 0.05) is 17.0 Å². The lowest BCUT2D eigenvalue weighted by atomic mass is 10.0. The standard InChI is InChI=1S/C17H21NOS/c1-12(16-4-3-11-20-16)18-17(13-5-6-13)14-7-9-15(19-2)10-8-14/h3-4,7-13,17-18H,5-6H2,1-2H3/t12-,17?/m0/s1. The van der Waals surface area contributed by atoms with Crippen LogP contribution in [0.3, 0.4) is 0 Å². The summed E-state index contributed by atoms with van der Waals surface area (Å²) in [5.74, 6) is 1.71. The van der Waals surface area contributed by atoms with Gasteiger partial charge in [-0.1, -0.05) is 18.2 Å². The molecule has 0 saturated heterocycles. The predicted molar refractivity (Wildman–Crippen MR) is 84.3 cm³/mol. The van der Waals surface area contributed by atoms with Crippen LogP contribution >= 0.6 is 11.3 Å². The average Bonchev–Trinajstić information content (AvgIpc) is 3.17. The molecule has 1 aromatic carbocycles. The first-order chi connectivity index (χ1) is 9.78. The number of hydrogen-bond donors (Lipinski definition) is 1. The number of methoxy groups -OCH3 is 1. The molecule has 2 atom stereocenters. The fraction of sp³-hybridized carbons (Fsp3) is 0.412. The Morgan fingerprint density at radius 2 is 1.95 bits per heavy atom. The van der Waals surface area contributed by atoms with Crippen LogP contribution in [0.1, 0.15) is 42.3 Å². The van der Waals surface area contributed by atoms with Gasteiger partial charge in [-0.2, -0.15) is 0 Å². The molecule has 3 rings (SSSR count). The predicted octanol–water partition coefficient (Wildman–Crippen LogP) is 4.56. The van der Waals surface area contributed by atoms with Crippen molar-refractivity contribution < 1.29 is 4.74 Å². The van der Waals surface area contributed by atoms with Gasteiger partial charge in [-0.05, 0) is 54.8 Å². The molecular weight excluding hydrogens is 266 g/mol. The highest BCUT2D eigenvalue weighted by Gasteiger charge is 2.33. The summed E-state index contributed by atoms with van der Waals surface area (Å²) in [6, 6.07) is 13.7. The van der Waals surface area contributed by atoms with Gasteiger partial charge in [0.1, 0.15) is 5.75 Å². The lowest BCUT2D eigenvalue weighted by Gasteiger charge is -2.23. The fourth-order valence-corrected chi connectivity index (χ4v) is 3.38. The Balaban J connectivity index is 1.75. The molecular formula is C17H21NOS. The van der Waals surface area contributed by atoms with Crippen molar-refractivity contribution in [2.45, 2.75) is 31.8 Å². The molecule has 2 aromatic rings. The van der Waals surface area contributed by atoms with Crippen molar-refractivity contribution in [3.05, 3.63) is 52.2 Å². The monoisotopic (exact) mass is 287 g/mol. The Labute approximate surface area is 124 Å². The second-order valence-corrected chi connectivity index (χ2v) is 6.47. The van der Waals surface area contributed by atoms with E-state index in [1.165, 1.54) is 23.3 Å². The van der Waals surface area contributed by atoms with E-state index >= 15 is 0 Å². The van der Waals surface area contributed by atoms with Crippen LogP contribution in [0.25, 0.3) is 0 Å². The highest BCUT2D eigenvalue weighted by Crippen LogP contribution is 2.42. The maximum absolute atomic E-state index is 5.25. The third kappa shape index (κ3) is 3.05. The van der Waals surface area contributed by atoms with E-state index in [4.69, 9.17) is 4.74 Å². The van der Waals surface area contributed by atoms with Gasteiger partial charge < -0.3 is 10.1 Å². The van der Waals surface area contributed by atoms with E-state index in [1.807, 2.05) is 11.3 Å². The normalized spacial score (nSPS) is 17.7. The molecule has 1 unspecified atom stereocenters. The summed E-state index contributed by atoms with van der Waals surface area (Å²) in [5.41, 5.74) is 1.37. The minimum atomic E-state index is 0.405. The van der Waals surface area contributed by atoms with Crippen LogP contribution in [0.5, 0.6) is 5.75 Å². The zero-order valence-corrected chi connectivity index (χ0v) is 12.8. The quantitative estimate of drug-likeness (QED) is 0.841. The average molecular weight is 287 g/mol. The van der Waals surface area contributed by atoms with Gasteiger partial charge in [-0.3, -0.25) is 0 Å². The third-order valence-corrected chi connectivity index (χ3v) is 5.02. The summed E-state index contributed by atoms with van der Waals surface area (Å²) in [6.07, 6.45) is 2.67. The molecule has 1 aliphatic rings. The van der Waals surface area contributed by atoms with Crippen molar-refractivity contribution in [1.29, 1.82) is 0 Å². The molecule has 2 nitrogen and oxygen atoms in total. The van der Waals surface area contributed by atoms with Gasteiger partial charge in [0.2, 0.25) is 0 Å². The van der Waals surface area contributed by atoms with E-state index in [0.29, 0.717) is 12.1 Å². The molecule has 0 spiro atoms.